The van der Waals surface area contributed by atoms with Gasteiger partial charge >= 0.3 is 0 Å². The molecule has 0 amide bonds. The van der Waals surface area contributed by atoms with Crippen LogP contribution >= 0.6 is 11.6 Å². The highest BCUT2D eigenvalue weighted by Crippen LogP contribution is 2.08. The number of pyridine rings is 1. The van der Waals surface area contributed by atoms with Crippen molar-refractivity contribution in [3.05, 3.63) is 24.5 Å². The summed E-state index contributed by atoms with van der Waals surface area (Å²) < 4.78 is 0. The Labute approximate surface area is 78.0 Å². The first-order valence-corrected chi connectivity index (χ1v) is 4.62. The number of rotatable bonds is 4. The smallest absolute Gasteiger partial charge is 0.0425 e. The highest BCUT2D eigenvalue weighted by Gasteiger charge is 2.02. The zero-order valence-corrected chi connectivity index (χ0v) is 7.88. The van der Waals surface area contributed by atoms with Crippen LogP contribution in [-0.4, -0.2) is 16.9 Å². The lowest BCUT2D eigenvalue weighted by Crippen LogP contribution is -2.19. The number of halogens is 1. The van der Waals surface area contributed by atoms with Gasteiger partial charge in [-0.1, -0.05) is 6.92 Å². The van der Waals surface area contributed by atoms with E-state index in [0.717, 1.165) is 12.1 Å². The van der Waals surface area contributed by atoms with Gasteiger partial charge in [0.2, 0.25) is 0 Å². The predicted molar refractivity (Wildman–Crippen MR) is 52.7 cm³/mol. The monoisotopic (exact) mass is 184 g/mol. The zero-order valence-electron chi connectivity index (χ0n) is 7.13. The fraction of sp³-hybridized carbons (Fsp3) is 0.444. The Morgan fingerprint density at radius 2 is 2.17 bits per heavy atom. The van der Waals surface area contributed by atoms with Crippen LogP contribution in [0.5, 0.6) is 0 Å². The summed E-state index contributed by atoms with van der Waals surface area (Å²) in [5, 5.41) is 3.31. The third-order valence-corrected chi connectivity index (χ3v) is 2.10. The van der Waals surface area contributed by atoms with Crippen LogP contribution in [0.25, 0.3) is 0 Å². The summed E-state index contributed by atoms with van der Waals surface area (Å²) in [6.45, 7) is 2.11. The third-order valence-electron chi connectivity index (χ3n) is 1.73. The van der Waals surface area contributed by atoms with E-state index < -0.39 is 0 Å². The molecule has 12 heavy (non-hydrogen) atoms. The van der Waals surface area contributed by atoms with Crippen molar-refractivity contribution in [3.8, 4) is 0 Å². The van der Waals surface area contributed by atoms with E-state index in [1.165, 1.54) is 0 Å². The van der Waals surface area contributed by atoms with Crippen LogP contribution < -0.4 is 5.32 Å². The summed E-state index contributed by atoms with van der Waals surface area (Å²) in [6.07, 6.45) is 4.57. The maximum Gasteiger partial charge on any atom is 0.0425 e. The lowest BCUT2D eigenvalue weighted by Gasteiger charge is -2.14. The molecule has 1 N–H and O–H groups in total. The molecule has 0 aliphatic heterocycles. The van der Waals surface area contributed by atoms with E-state index in [1.54, 1.807) is 12.4 Å². The number of alkyl halides is 1. The minimum atomic E-state index is 0.356. The Kier molecular flexibility index (Phi) is 3.88. The van der Waals surface area contributed by atoms with E-state index in [4.69, 9.17) is 11.6 Å². The molecule has 0 aliphatic carbocycles. The van der Waals surface area contributed by atoms with Gasteiger partial charge in [0.25, 0.3) is 0 Å². The molecule has 1 heterocycles. The second kappa shape index (κ2) is 4.99. The number of aromatic nitrogens is 1. The normalized spacial score (nSPS) is 12.5. The Bertz CT molecular complexity index is 209. The van der Waals surface area contributed by atoms with Gasteiger partial charge in [-0.15, -0.1) is 11.6 Å². The lowest BCUT2D eigenvalue weighted by atomic mass is 10.2. The van der Waals surface area contributed by atoms with Crippen LogP contribution in [0.3, 0.4) is 0 Å². The number of hydrogen-bond donors (Lipinski definition) is 1. The van der Waals surface area contributed by atoms with Gasteiger partial charge in [0.05, 0.1) is 0 Å². The summed E-state index contributed by atoms with van der Waals surface area (Å²) in [5.74, 6) is 0.638. The first kappa shape index (κ1) is 9.33. The average Bonchev–Trinajstić information content (AvgIpc) is 2.16. The fourth-order valence-corrected chi connectivity index (χ4v) is 1.23. The van der Waals surface area contributed by atoms with Crippen LogP contribution in [0, 0.1) is 0 Å². The SMILES string of the molecule is CCC(CCl)Nc1ccncc1. The summed E-state index contributed by atoms with van der Waals surface area (Å²) >= 11 is 5.74. The van der Waals surface area contributed by atoms with Crippen molar-refractivity contribution in [2.24, 2.45) is 0 Å². The zero-order chi connectivity index (χ0) is 8.81. The van der Waals surface area contributed by atoms with Gasteiger partial charge in [-0.3, -0.25) is 4.98 Å². The van der Waals surface area contributed by atoms with Gasteiger partial charge in [-0.2, -0.15) is 0 Å². The summed E-state index contributed by atoms with van der Waals surface area (Å²) in [4.78, 5) is 3.93. The molecule has 1 atom stereocenters. The van der Waals surface area contributed by atoms with Crippen LogP contribution in [0.1, 0.15) is 13.3 Å². The largest absolute Gasteiger partial charge is 0.381 e. The maximum absolute atomic E-state index is 5.74. The van der Waals surface area contributed by atoms with Gasteiger partial charge < -0.3 is 5.32 Å². The van der Waals surface area contributed by atoms with E-state index in [9.17, 15) is 0 Å². The molecule has 2 nitrogen and oxygen atoms in total. The topological polar surface area (TPSA) is 24.9 Å². The number of hydrogen-bond acceptors (Lipinski definition) is 2. The molecule has 1 aromatic heterocycles. The second-order valence-electron chi connectivity index (χ2n) is 2.64. The fourth-order valence-electron chi connectivity index (χ4n) is 0.934. The van der Waals surface area contributed by atoms with Gasteiger partial charge in [0.15, 0.2) is 0 Å². The maximum atomic E-state index is 5.74. The predicted octanol–water partition coefficient (Wildman–Crippen LogP) is 2.51. The average molecular weight is 185 g/mol. The van der Waals surface area contributed by atoms with E-state index in [-0.39, 0.29) is 0 Å². The molecule has 0 fully saturated rings. The van der Waals surface area contributed by atoms with Crippen LogP contribution in [0.4, 0.5) is 5.69 Å². The van der Waals surface area contributed by atoms with Crippen LogP contribution in [-0.2, 0) is 0 Å². The molecule has 0 spiro atoms. The molecule has 0 saturated carbocycles. The first-order chi connectivity index (χ1) is 5.86. The molecule has 0 radical (unpaired) electrons. The van der Waals surface area contributed by atoms with Crippen LogP contribution in [0.2, 0.25) is 0 Å². The van der Waals surface area contributed by atoms with E-state index in [1.807, 2.05) is 12.1 Å². The molecule has 0 saturated heterocycles. The van der Waals surface area contributed by atoms with Crippen molar-refractivity contribution >= 4 is 17.3 Å². The Balaban J connectivity index is 2.51. The van der Waals surface area contributed by atoms with Crippen molar-refractivity contribution in [2.75, 3.05) is 11.2 Å². The molecule has 0 bridgehead atoms. The molecule has 66 valence electrons. The van der Waals surface area contributed by atoms with Crippen molar-refractivity contribution in [2.45, 2.75) is 19.4 Å². The third kappa shape index (κ3) is 2.70. The van der Waals surface area contributed by atoms with E-state index >= 15 is 0 Å². The molecule has 1 unspecified atom stereocenters. The number of nitrogens with zero attached hydrogens (tertiary/aromatic N) is 1. The number of nitrogens with one attached hydrogen (secondary N) is 1. The minimum Gasteiger partial charge on any atom is -0.381 e. The standard InChI is InChI=1S/C9H13ClN2/c1-2-8(7-10)12-9-3-5-11-6-4-9/h3-6,8H,2,7H2,1H3,(H,11,12). The summed E-state index contributed by atoms with van der Waals surface area (Å²) in [7, 11) is 0. The molecule has 0 aromatic carbocycles. The quantitative estimate of drug-likeness (QED) is 0.728. The molecular weight excluding hydrogens is 172 g/mol. The first-order valence-electron chi connectivity index (χ1n) is 4.09. The Hall–Kier alpha value is -0.760. The van der Waals surface area contributed by atoms with E-state index in [2.05, 4.69) is 17.2 Å². The highest BCUT2D eigenvalue weighted by molar-refractivity contribution is 6.18. The van der Waals surface area contributed by atoms with Gasteiger partial charge in [-0.05, 0) is 18.6 Å². The molecule has 0 aliphatic rings. The van der Waals surface area contributed by atoms with Gasteiger partial charge in [-0.25, -0.2) is 0 Å². The van der Waals surface area contributed by atoms with E-state index in [0.29, 0.717) is 11.9 Å². The molecule has 3 heteroatoms. The Morgan fingerprint density at radius 3 is 2.67 bits per heavy atom. The summed E-state index contributed by atoms with van der Waals surface area (Å²) in [6, 6.07) is 4.24. The summed E-state index contributed by atoms with van der Waals surface area (Å²) in [5.41, 5.74) is 1.08. The molecular formula is C9H13ClN2. The van der Waals surface area contributed by atoms with Crippen molar-refractivity contribution in [1.82, 2.24) is 4.98 Å². The van der Waals surface area contributed by atoms with Crippen molar-refractivity contribution in [1.29, 1.82) is 0 Å². The van der Waals surface area contributed by atoms with Crippen molar-refractivity contribution in [3.63, 3.8) is 0 Å². The lowest BCUT2D eigenvalue weighted by molar-refractivity contribution is 0.770. The molecule has 1 rings (SSSR count). The van der Waals surface area contributed by atoms with Gasteiger partial charge in [0, 0.05) is 30.0 Å². The van der Waals surface area contributed by atoms with Gasteiger partial charge in [0.1, 0.15) is 0 Å². The molecule has 1 aromatic rings. The second-order valence-corrected chi connectivity index (χ2v) is 2.95. The van der Waals surface area contributed by atoms with Crippen molar-refractivity contribution < 1.29 is 0 Å². The van der Waals surface area contributed by atoms with Crippen LogP contribution in [0.15, 0.2) is 24.5 Å². The minimum absolute atomic E-state index is 0.356. The Morgan fingerprint density at radius 1 is 1.50 bits per heavy atom. The number of anilines is 1. The highest BCUT2D eigenvalue weighted by atomic mass is 35.5.